The zero-order chi connectivity index (χ0) is 19.1. The van der Waals surface area contributed by atoms with Crippen LogP contribution in [0.3, 0.4) is 0 Å². The highest BCUT2D eigenvalue weighted by molar-refractivity contribution is 6.31. The zero-order valence-corrected chi connectivity index (χ0v) is 15.6. The minimum absolute atomic E-state index is 0.0879. The van der Waals surface area contributed by atoms with Crippen molar-refractivity contribution in [2.75, 3.05) is 6.54 Å². The predicted octanol–water partition coefficient (Wildman–Crippen LogP) is 3.58. The summed E-state index contributed by atoms with van der Waals surface area (Å²) < 4.78 is 13.1. The van der Waals surface area contributed by atoms with Crippen molar-refractivity contribution in [3.63, 3.8) is 0 Å². The number of carbonyl (C=O) groups excluding carboxylic acids is 2. The lowest BCUT2D eigenvalue weighted by Gasteiger charge is -2.29. The Morgan fingerprint density at radius 1 is 1.15 bits per heavy atom. The molecule has 0 aliphatic heterocycles. The van der Waals surface area contributed by atoms with Crippen LogP contribution in [0.25, 0.3) is 0 Å². The molecule has 1 atom stereocenters. The fraction of sp³-hybridized carbons (Fsp3) is 0.300. The van der Waals surface area contributed by atoms with E-state index in [-0.39, 0.29) is 30.6 Å². The molecule has 0 heterocycles. The van der Waals surface area contributed by atoms with Crippen molar-refractivity contribution in [3.05, 3.63) is 70.5 Å². The third-order valence-electron chi connectivity index (χ3n) is 4.08. The van der Waals surface area contributed by atoms with Crippen molar-refractivity contribution in [1.29, 1.82) is 0 Å². The number of likely N-dealkylation sites (N-methyl/N-ethyl adjacent to an activating group) is 1. The molecule has 2 aromatic rings. The number of rotatable bonds is 7. The molecule has 1 N–H and O–H groups in total. The maximum Gasteiger partial charge on any atom is 0.242 e. The van der Waals surface area contributed by atoms with Gasteiger partial charge in [0, 0.05) is 18.1 Å². The van der Waals surface area contributed by atoms with Gasteiger partial charge in [-0.15, -0.1) is 0 Å². The molecular formula is C20H22ClFN2O2. The highest BCUT2D eigenvalue weighted by Gasteiger charge is 2.26. The van der Waals surface area contributed by atoms with Crippen molar-refractivity contribution in [2.45, 2.75) is 32.9 Å². The smallest absolute Gasteiger partial charge is 0.242 e. The molecule has 6 heteroatoms. The van der Waals surface area contributed by atoms with Crippen LogP contribution < -0.4 is 5.32 Å². The van der Waals surface area contributed by atoms with Crippen LogP contribution in [0, 0.1) is 5.82 Å². The van der Waals surface area contributed by atoms with Crippen LogP contribution in [0.15, 0.2) is 48.5 Å². The minimum Gasteiger partial charge on any atom is -0.355 e. The van der Waals surface area contributed by atoms with Gasteiger partial charge >= 0.3 is 0 Å². The highest BCUT2D eigenvalue weighted by atomic mass is 35.5. The molecular weight excluding hydrogens is 355 g/mol. The van der Waals surface area contributed by atoms with Gasteiger partial charge in [-0.3, -0.25) is 9.59 Å². The molecule has 0 saturated heterocycles. The van der Waals surface area contributed by atoms with E-state index >= 15 is 0 Å². The normalized spacial score (nSPS) is 11.7. The summed E-state index contributed by atoms with van der Waals surface area (Å²) in [7, 11) is 0. The first-order valence-corrected chi connectivity index (χ1v) is 8.85. The Hall–Kier alpha value is -2.40. The van der Waals surface area contributed by atoms with Gasteiger partial charge in [0.2, 0.25) is 11.8 Å². The van der Waals surface area contributed by atoms with Crippen LogP contribution in [0.5, 0.6) is 0 Å². The fourth-order valence-electron chi connectivity index (χ4n) is 2.60. The van der Waals surface area contributed by atoms with Gasteiger partial charge in [-0.25, -0.2) is 4.39 Å². The molecule has 0 aliphatic rings. The molecule has 2 amide bonds. The second-order valence-corrected chi connectivity index (χ2v) is 6.39. The number of hydrogen-bond acceptors (Lipinski definition) is 2. The van der Waals surface area contributed by atoms with Crippen molar-refractivity contribution in [3.8, 4) is 0 Å². The number of carbonyl (C=O) groups is 2. The van der Waals surface area contributed by atoms with E-state index in [1.165, 1.54) is 17.0 Å². The summed E-state index contributed by atoms with van der Waals surface area (Å²) in [5.74, 6) is -0.803. The molecule has 0 fully saturated rings. The average molecular weight is 377 g/mol. The first-order chi connectivity index (χ1) is 12.4. The van der Waals surface area contributed by atoms with Crippen molar-refractivity contribution in [2.24, 2.45) is 0 Å². The van der Waals surface area contributed by atoms with E-state index in [1.807, 2.05) is 13.0 Å². The van der Waals surface area contributed by atoms with Gasteiger partial charge in [0.05, 0.1) is 6.42 Å². The lowest BCUT2D eigenvalue weighted by molar-refractivity contribution is -0.140. The van der Waals surface area contributed by atoms with E-state index in [0.29, 0.717) is 17.1 Å². The third-order valence-corrected chi connectivity index (χ3v) is 4.45. The van der Waals surface area contributed by atoms with E-state index in [0.717, 1.165) is 5.56 Å². The van der Waals surface area contributed by atoms with Crippen LogP contribution in [0.4, 0.5) is 4.39 Å². The Bertz CT molecular complexity index is 765. The van der Waals surface area contributed by atoms with E-state index in [1.54, 1.807) is 37.3 Å². The molecule has 2 rings (SSSR count). The molecule has 138 valence electrons. The summed E-state index contributed by atoms with van der Waals surface area (Å²) in [6.45, 7) is 4.19. The largest absolute Gasteiger partial charge is 0.355 e. The van der Waals surface area contributed by atoms with Crippen LogP contribution in [-0.2, 0) is 22.6 Å². The van der Waals surface area contributed by atoms with Crippen molar-refractivity contribution < 1.29 is 14.0 Å². The zero-order valence-electron chi connectivity index (χ0n) is 14.8. The van der Waals surface area contributed by atoms with Crippen molar-refractivity contribution in [1.82, 2.24) is 10.2 Å². The Labute approximate surface area is 158 Å². The van der Waals surface area contributed by atoms with Crippen LogP contribution in [-0.4, -0.2) is 29.3 Å². The predicted molar refractivity (Wildman–Crippen MR) is 100 cm³/mol. The summed E-state index contributed by atoms with van der Waals surface area (Å²) in [6.07, 6.45) is 0.0879. The van der Waals surface area contributed by atoms with Crippen LogP contribution >= 0.6 is 11.6 Å². The van der Waals surface area contributed by atoms with Gasteiger partial charge in [-0.1, -0.05) is 41.9 Å². The lowest BCUT2D eigenvalue weighted by atomic mass is 10.1. The minimum atomic E-state index is -0.657. The van der Waals surface area contributed by atoms with E-state index in [2.05, 4.69) is 5.32 Å². The summed E-state index contributed by atoms with van der Waals surface area (Å²) in [6, 6.07) is 12.3. The van der Waals surface area contributed by atoms with Crippen LogP contribution in [0.1, 0.15) is 25.0 Å². The van der Waals surface area contributed by atoms with Gasteiger partial charge in [-0.2, -0.15) is 0 Å². The number of hydrogen-bond donors (Lipinski definition) is 1. The molecule has 0 spiro atoms. The molecule has 0 aliphatic carbocycles. The van der Waals surface area contributed by atoms with E-state index < -0.39 is 6.04 Å². The maximum atomic E-state index is 13.1. The molecule has 0 radical (unpaired) electrons. The van der Waals surface area contributed by atoms with Gasteiger partial charge in [-0.05, 0) is 43.2 Å². The average Bonchev–Trinajstić information content (AvgIpc) is 2.62. The Balaban J connectivity index is 2.23. The topological polar surface area (TPSA) is 49.4 Å². The van der Waals surface area contributed by atoms with E-state index in [9.17, 15) is 14.0 Å². The number of benzene rings is 2. The maximum absolute atomic E-state index is 13.1. The monoisotopic (exact) mass is 376 g/mol. The second kappa shape index (κ2) is 9.34. The second-order valence-electron chi connectivity index (χ2n) is 5.99. The molecule has 0 saturated carbocycles. The number of amides is 2. The Kier molecular flexibility index (Phi) is 7.16. The van der Waals surface area contributed by atoms with Crippen LogP contribution in [0.2, 0.25) is 5.02 Å². The Morgan fingerprint density at radius 2 is 1.81 bits per heavy atom. The van der Waals surface area contributed by atoms with Gasteiger partial charge < -0.3 is 10.2 Å². The fourth-order valence-corrected chi connectivity index (χ4v) is 2.80. The summed E-state index contributed by atoms with van der Waals surface area (Å²) in [4.78, 5) is 26.6. The van der Waals surface area contributed by atoms with E-state index in [4.69, 9.17) is 11.6 Å². The molecule has 4 nitrogen and oxygen atoms in total. The SMILES string of the molecule is CCNC(=O)[C@H](C)N(Cc1ccc(F)cc1)C(=O)Cc1ccccc1Cl. The summed E-state index contributed by atoms with van der Waals surface area (Å²) in [5.41, 5.74) is 1.45. The molecule has 2 aromatic carbocycles. The number of nitrogens with zero attached hydrogens (tertiary/aromatic N) is 1. The quantitative estimate of drug-likeness (QED) is 0.803. The highest BCUT2D eigenvalue weighted by Crippen LogP contribution is 2.18. The number of nitrogens with one attached hydrogen (secondary N) is 1. The van der Waals surface area contributed by atoms with Gasteiger partial charge in [0.15, 0.2) is 0 Å². The first kappa shape index (κ1) is 19.9. The third kappa shape index (κ3) is 5.30. The molecule has 0 unspecified atom stereocenters. The summed E-state index contributed by atoms with van der Waals surface area (Å²) in [5, 5.41) is 3.24. The van der Waals surface area contributed by atoms with Gasteiger partial charge in [0.25, 0.3) is 0 Å². The standard InChI is InChI=1S/C20H22ClFN2O2/c1-3-23-20(26)14(2)24(13-15-8-10-17(22)11-9-15)19(25)12-16-6-4-5-7-18(16)21/h4-11,14H,3,12-13H2,1-2H3,(H,23,26)/t14-/m0/s1. The Morgan fingerprint density at radius 3 is 2.42 bits per heavy atom. The van der Waals surface area contributed by atoms with Gasteiger partial charge in [0.1, 0.15) is 11.9 Å². The summed E-state index contributed by atoms with van der Waals surface area (Å²) >= 11 is 6.15. The molecule has 0 aromatic heterocycles. The van der Waals surface area contributed by atoms with Crippen molar-refractivity contribution >= 4 is 23.4 Å². The number of halogens is 2. The molecule has 26 heavy (non-hydrogen) atoms. The first-order valence-electron chi connectivity index (χ1n) is 8.47. The lowest BCUT2D eigenvalue weighted by Crippen LogP contribution is -2.48. The molecule has 0 bridgehead atoms.